The normalized spacial score (nSPS) is 24.1. The molecule has 1 saturated heterocycles. The van der Waals surface area contributed by atoms with Crippen molar-refractivity contribution in [3.05, 3.63) is 48.8 Å². The highest BCUT2D eigenvalue weighted by Crippen LogP contribution is 2.37. The van der Waals surface area contributed by atoms with Crippen LogP contribution in [0.15, 0.2) is 48.8 Å². The van der Waals surface area contributed by atoms with Crippen LogP contribution < -0.4 is 10.1 Å². The molecule has 2 fully saturated rings. The number of rotatable bonds is 8. The van der Waals surface area contributed by atoms with Crippen LogP contribution in [0, 0.1) is 5.92 Å². The van der Waals surface area contributed by atoms with E-state index in [2.05, 4.69) is 58.2 Å². The molecule has 0 spiro atoms. The standard InChI is InChI=1S/C30H39N5O2/c1-5-8-21-17-22(34(2)3)12-14-27(21)35-16-15-26(30(35)36)33-29-24-18-20(11-13-25(24)31-19-32-29)23-9-6-7-10-28(23)37-4/h6-7,9-11,13,18-19,21-22,26-27H,5,8,12,14-17H2,1-4H3,(H,31,32,33)/t21-,22+,26-,27-/m0/s1. The zero-order chi connectivity index (χ0) is 25.9. The van der Waals surface area contributed by atoms with Gasteiger partial charge in [-0.15, -0.1) is 0 Å². The highest BCUT2D eigenvalue weighted by molar-refractivity contribution is 5.95. The van der Waals surface area contributed by atoms with Crippen LogP contribution in [-0.2, 0) is 4.79 Å². The van der Waals surface area contributed by atoms with Crippen LogP contribution in [0.2, 0.25) is 0 Å². The Morgan fingerprint density at radius 1 is 1.11 bits per heavy atom. The second kappa shape index (κ2) is 11.1. The van der Waals surface area contributed by atoms with Gasteiger partial charge in [0.1, 0.15) is 23.9 Å². The Morgan fingerprint density at radius 2 is 1.95 bits per heavy atom. The van der Waals surface area contributed by atoms with Crippen LogP contribution in [0.3, 0.4) is 0 Å². The second-order valence-corrected chi connectivity index (χ2v) is 10.7. The van der Waals surface area contributed by atoms with Crippen molar-refractivity contribution in [3.8, 4) is 16.9 Å². The van der Waals surface area contributed by atoms with Gasteiger partial charge in [-0.2, -0.15) is 0 Å². The number of para-hydroxylation sites is 1. The van der Waals surface area contributed by atoms with Crippen molar-refractivity contribution < 1.29 is 9.53 Å². The third-order valence-corrected chi connectivity index (χ3v) is 8.31. The topological polar surface area (TPSA) is 70.6 Å². The summed E-state index contributed by atoms with van der Waals surface area (Å²) >= 11 is 0. The number of hydrogen-bond acceptors (Lipinski definition) is 6. The van der Waals surface area contributed by atoms with Gasteiger partial charge in [-0.25, -0.2) is 9.97 Å². The number of aromatic nitrogens is 2. The van der Waals surface area contributed by atoms with Crippen molar-refractivity contribution >= 4 is 22.6 Å². The number of nitrogens with one attached hydrogen (secondary N) is 1. The van der Waals surface area contributed by atoms with E-state index in [0.717, 1.165) is 60.0 Å². The van der Waals surface area contributed by atoms with E-state index in [1.165, 1.54) is 12.8 Å². The molecule has 2 aromatic carbocycles. The third-order valence-electron chi connectivity index (χ3n) is 8.31. The van der Waals surface area contributed by atoms with E-state index >= 15 is 0 Å². The minimum atomic E-state index is -0.262. The fourth-order valence-corrected chi connectivity index (χ4v) is 6.34. The Balaban J connectivity index is 1.37. The van der Waals surface area contributed by atoms with Gasteiger partial charge in [-0.05, 0) is 75.9 Å². The number of benzene rings is 2. The molecular formula is C30H39N5O2. The Kier molecular flexibility index (Phi) is 7.60. The number of anilines is 1. The summed E-state index contributed by atoms with van der Waals surface area (Å²) in [6.45, 7) is 3.06. The average Bonchev–Trinajstić information content (AvgIpc) is 3.28. The molecule has 5 rings (SSSR count). The summed E-state index contributed by atoms with van der Waals surface area (Å²) < 4.78 is 5.58. The highest BCUT2D eigenvalue weighted by atomic mass is 16.5. The van der Waals surface area contributed by atoms with Crippen LogP contribution in [0.1, 0.15) is 45.4 Å². The zero-order valence-corrected chi connectivity index (χ0v) is 22.5. The molecule has 2 heterocycles. The Morgan fingerprint density at radius 3 is 2.73 bits per heavy atom. The first-order chi connectivity index (χ1) is 18.0. The molecule has 37 heavy (non-hydrogen) atoms. The van der Waals surface area contributed by atoms with E-state index in [1.54, 1.807) is 13.4 Å². The molecule has 196 valence electrons. The van der Waals surface area contributed by atoms with Crippen molar-refractivity contribution in [1.29, 1.82) is 0 Å². The Bertz CT molecular complexity index is 1250. The van der Waals surface area contributed by atoms with Crippen molar-refractivity contribution in [2.24, 2.45) is 5.92 Å². The van der Waals surface area contributed by atoms with Crippen molar-refractivity contribution in [1.82, 2.24) is 19.8 Å². The highest BCUT2D eigenvalue weighted by Gasteiger charge is 2.41. The predicted octanol–water partition coefficient (Wildman–Crippen LogP) is 5.22. The Labute approximate surface area is 220 Å². The monoisotopic (exact) mass is 501 g/mol. The number of hydrogen-bond donors (Lipinski definition) is 1. The van der Waals surface area contributed by atoms with Crippen LogP contribution in [-0.4, -0.2) is 71.6 Å². The first-order valence-corrected chi connectivity index (χ1v) is 13.6. The summed E-state index contributed by atoms with van der Waals surface area (Å²) in [5.74, 6) is 2.31. The van der Waals surface area contributed by atoms with Gasteiger partial charge < -0.3 is 19.9 Å². The number of fused-ring (bicyclic) bond motifs is 1. The molecule has 1 amide bonds. The largest absolute Gasteiger partial charge is 0.496 e. The molecule has 0 unspecified atom stereocenters. The molecule has 1 aliphatic carbocycles. The van der Waals surface area contributed by atoms with E-state index < -0.39 is 0 Å². The first kappa shape index (κ1) is 25.5. The van der Waals surface area contributed by atoms with E-state index in [0.29, 0.717) is 23.8 Å². The number of nitrogens with zero attached hydrogens (tertiary/aromatic N) is 4. The summed E-state index contributed by atoms with van der Waals surface area (Å²) in [6, 6.07) is 14.8. The summed E-state index contributed by atoms with van der Waals surface area (Å²) in [4.78, 5) is 27.2. The summed E-state index contributed by atoms with van der Waals surface area (Å²) in [5, 5.41) is 4.41. The molecule has 1 N–H and O–H groups in total. The number of methoxy groups -OCH3 is 1. The molecule has 2 aliphatic rings. The minimum Gasteiger partial charge on any atom is -0.496 e. The summed E-state index contributed by atoms with van der Waals surface area (Å²) in [6.07, 6.45) is 8.13. The second-order valence-electron chi connectivity index (χ2n) is 10.7. The Hall–Kier alpha value is -3.19. The molecule has 1 saturated carbocycles. The lowest BCUT2D eigenvalue weighted by Gasteiger charge is -2.43. The maximum absolute atomic E-state index is 13.7. The fourth-order valence-electron chi connectivity index (χ4n) is 6.34. The lowest BCUT2D eigenvalue weighted by atomic mass is 9.78. The molecule has 0 radical (unpaired) electrons. The quantitative estimate of drug-likeness (QED) is 0.457. The molecule has 7 nitrogen and oxygen atoms in total. The maximum atomic E-state index is 13.7. The molecule has 7 heteroatoms. The van der Waals surface area contributed by atoms with Gasteiger partial charge in [0.2, 0.25) is 5.91 Å². The first-order valence-electron chi connectivity index (χ1n) is 13.6. The number of carbonyl (C=O) groups is 1. The van der Waals surface area contributed by atoms with Gasteiger partial charge in [0.05, 0.1) is 12.6 Å². The third kappa shape index (κ3) is 5.14. The van der Waals surface area contributed by atoms with Crippen LogP contribution in [0.25, 0.3) is 22.0 Å². The number of carbonyl (C=O) groups excluding carboxylic acids is 1. The van der Waals surface area contributed by atoms with E-state index in [-0.39, 0.29) is 11.9 Å². The molecular weight excluding hydrogens is 462 g/mol. The van der Waals surface area contributed by atoms with Crippen molar-refractivity contribution in [3.63, 3.8) is 0 Å². The predicted molar refractivity (Wildman–Crippen MR) is 149 cm³/mol. The van der Waals surface area contributed by atoms with Crippen molar-refractivity contribution in [2.75, 3.05) is 33.1 Å². The van der Waals surface area contributed by atoms with Gasteiger partial charge in [0.15, 0.2) is 0 Å². The van der Waals surface area contributed by atoms with E-state index in [4.69, 9.17) is 4.74 Å². The van der Waals surface area contributed by atoms with E-state index in [1.807, 2.05) is 30.3 Å². The summed E-state index contributed by atoms with van der Waals surface area (Å²) in [5.41, 5.74) is 2.89. The van der Waals surface area contributed by atoms with Gasteiger partial charge >= 0.3 is 0 Å². The maximum Gasteiger partial charge on any atom is 0.245 e. The van der Waals surface area contributed by atoms with E-state index in [9.17, 15) is 4.79 Å². The van der Waals surface area contributed by atoms with Crippen LogP contribution in [0.5, 0.6) is 5.75 Å². The van der Waals surface area contributed by atoms with Gasteiger partial charge in [0.25, 0.3) is 0 Å². The molecule has 4 atom stereocenters. The van der Waals surface area contributed by atoms with Crippen molar-refractivity contribution in [2.45, 2.75) is 63.6 Å². The number of likely N-dealkylation sites (tertiary alicyclic amines) is 1. The minimum absolute atomic E-state index is 0.210. The SMILES string of the molecule is CCC[C@H]1C[C@H](N(C)C)CC[C@@H]1N1CC[C@H](Nc2ncnc3ccc(-c4ccccc4OC)cc23)C1=O. The number of ether oxygens (including phenoxy) is 1. The molecule has 1 aromatic heterocycles. The van der Waals surface area contributed by atoms with Gasteiger partial charge in [-0.1, -0.05) is 37.6 Å². The molecule has 3 aromatic rings. The number of amides is 1. The van der Waals surface area contributed by atoms with Gasteiger partial charge in [0, 0.05) is 29.6 Å². The average molecular weight is 502 g/mol. The fraction of sp³-hybridized carbons (Fsp3) is 0.500. The van der Waals surface area contributed by atoms with Crippen LogP contribution in [0.4, 0.5) is 5.82 Å². The summed E-state index contributed by atoms with van der Waals surface area (Å²) in [7, 11) is 6.05. The molecule has 0 bridgehead atoms. The van der Waals surface area contributed by atoms with Crippen LogP contribution >= 0.6 is 0 Å². The lowest BCUT2D eigenvalue weighted by molar-refractivity contribution is -0.132. The van der Waals surface area contributed by atoms with Gasteiger partial charge in [-0.3, -0.25) is 4.79 Å². The lowest BCUT2D eigenvalue weighted by Crippen LogP contribution is -2.49. The smallest absolute Gasteiger partial charge is 0.245 e. The molecule has 1 aliphatic heterocycles. The zero-order valence-electron chi connectivity index (χ0n) is 22.5.